The molecule has 240 valence electrons. The van der Waals surface area contributed by atoms with Crippen LogP contribution in [0.2, 0.25) is 0 Å². The summed E-state index contributed by atoms with van der Waals surface area (Å²) >= 11 is 0. The summed E-state index contributed by atoms with van der Waals surface area (Å²) in [4.78, 5) is 2.42. The van der Waals surface area contributed by atoms with Gasteiger partial charge in [-0.15, -0.1) is 0 Å². The van der Waals surface area contributed by atoms with Crippen LogP contribution < -0.4 is 38.9 Å². The highest BCUT2D eigenvalue weighted by molar-refractivity contribution is 6.55. The number of benzene rings is 4. The van der Waals surface area contributed by atoms with E-state index in [0.717, 1.165) is 60.5 Å². The molecule has 3 heterocycles. The lowest BCUT2D eigenvalue weighted by molar-refractivity contribution is 0.228. The number of methoxy groups -OCH3 is 4. The molecule has 4 aromatic carbocycles. The number of nitrogens with zero attached hydrogens (tertiary/aromatic N) is 1. The topological polar surface area (TPSA) is 70.7 Å². The Balaban J connectivity index is 1.56. The minimum atomic E-state index is 0.166. The predicted octanol–water partition coefficient (Wildman–Crippen LogP) is 5.68. The number of fused-ring (bicyclic) bond motifs is 3. The molecule has 0 unspecified atom stereocenters. The molecule has 1 N–H and O–H groups in total. The SMILES string of the molecule is CNCCc1cc(OC)c(OC)c2c1[Si]Cc1ccc(OC)c(c1)Oc1ccc(cc1)C[C@H]1c3cc(c(OC)cc3CCN1C)O2. The van der Waals surface area contributed by atoms with E-state index in [2.05, 4.69) is 59.7 Å². The summed E-state index contributed by atoms with van der Waals surface area (Å²) in [6.07, 6.45) is 2.59. The molecule has 6 bridgehead atoms. The minimum Gasteiger partial charge on any atom is -0.493 e. The van der Waals surface area contributed by atoms with Crippen molar-refractivity contribution in [2.45, 2.75) is 31.3 Å². The van der Waals surface area contributed by atoms with E-state index < -0.39 is 0 Å². The summed E-state index contributed by atoms with van der Waals surface area (Å²) in [5, 5.41) is 4.39. The monoisotopic (exact) mass is 638 g/mol. The van der Waals surface area contributed by atoms with E-state index in [0.29, 0.717) is 49.8 Å². The molecule has 46 heavy (non-hydrogen) atoms. The number of ether oxygens (including phenoxy) is 6. The fourth-order valence-electron chi connectivity index (χ4n) is 6.35. The molecular weight excluding hydrogens is 597 g/mol. The van der Waals surface area contributed by atoms with Crippen LogP contribution in [0.25, 0.3) is 0 Å². The van der Waals surface area contributed by atoms with Crippen molar-refractivity contribution < 1.29 is 28.4 Å². The summed E-state index contributed by atoms with van der Waals surface area (Å²) < 4.78 is 36.9. The number of hydrogen-bond acceptors (Lipinski definition) is 8. The van der Waals surface area contributed by atoms with Crippen molar-refractivity contribution in [1.82, 2.24) is 10.2 Å². The average Bonchev–Trinajstić information content (AvgIpc) is 3.08. The van der Waals surface area contributed by atoms with Gasteiger partial charge in [-0.1, -0.05) is 18.2 Å². The van der Waals surface area contributed by atoms with Gasteiger partial charge in [0.2, 0.25) is 5.75 Å². The van der Waals surface area contributed by atoms with E-state index in [9.17, 15) is 0 Å². The van der Waals surface area contributed by atoms with Crippen LogP contribution in [0.1, 0.15) is 33.9 Å². The lowest BCUT2D eigenvalue weighted by Crippen LogP contribution is -2.33. The molecule has 0 fully saturated rings. The lowest BCUT2D eigenvalue weighted by atomic mass is 9.88. The molecule has 0 amide bonds. The molecular formula is C37H42N2O6Si. The highest BCUT2D eigenvalue weighted by Gasteiger charge is 2.29. The summed E-state index contributed by atoms with van der Waals surface area (Å²) in [5.74, 6) is 5.38. The molecule has 2 radical (unpaired) electrons. The van der Waals surface area contributed by atoms with Gasteiger partial charge >= 0.3 is 0 Å². The summed E-state index contributed by atoms with van der Waals surface area (Å²) in [6.45, 7) is 1.77. The second-order valence-corrected chi connectivity index (χ2v) is 12.9. The number of hydrogen-bond donors (Lipinski definition) is 1. The molecule has 0 saturated carbocycles. The van der Waals surface area contributed by atoms with E-state index in [1.54, 1.807) is 28.4 Å². The van der Waals surface area contributed by atoms with E-state index >= 15 is 0 Å². The molecule has 3 aliphatic rings. The molecule has 0 aliphatic carbocycles. The molecule has 3 aliphatic heterocycles. The highest BCUT2D eigenvalue weighted by Crippen LogP contribution is 2.45. The Morgan fingerprint density at radius 3 is 2.28 bits per heavy atom. The Bertz CT molecular complexity index is 1690. The van der Waals surface area contributed by atoms with Crippen LogP contribution in [0.15, 0.2) is 60.7 Å². The van der Waals surface area contributed by atoms with Gasteiger partial charge in [-0.3, -0.25) is 4.90 Å². The third kappa shape index (κ3) is 6.40. The summed E-state index contributed by atoms with van der Waals surface area (Å²) in [7, 11) is 11.2. The fraction of sp³-hybridized carbons (Fsp3) is 0.351. The average molecular weight is 639 g/mol. The van der Waals surface area contributed by atoms with Crippen molar-refractivity contribution in [2.75, 3.05) is 55.6 Å². The van der Waals surface area contributed by atoms with Gasteiger partial charge in [0.15, 0.2) is 34.5 Å². The Morgan fingerprint density at radius 2 is 1.57 bits per heavy atom. The van der Waals surface area contributed by atoms with Crippen LogP contribution in [-0.2, 0) is 25.3 Å². The van der Waals surface area contributed by atoms with Crippen molar-refractivity contribution >= 4 is 14.7 Å². The van der Waals surface area contributed by atoms with Crippen molar-refractivity contribution in [3.63, 3.8) is 0 Å². The fourth-order valence-corrected chi connectivity index (χ4v) is 7.70. The zero-order valence-corrected chi connectivity index (χ0v) is 28.5. The van der Waals surface area contributed by atoms with Crippen molar-refractivity contribution in [3.05, 3.63) is 88.5 Å². The van der Waals surface area contributed by atoms with Gasteiger partial charge in [0, 0.05) is 12.6 Å². The Labute approximate surface area is 274 Å². The molecule has 4 aromatic rings. The number of likely N-dealkylation sites (N-methyl/N-ethyl adjacent to an activating group) is 2. The van der Waals surface area contributed by atoms with Crippen LogP contribution in [-0.4, -0.2) is 70.0 Å². The normalized spacial score (nSPS) is 15.9. The zero-order chi connectivity index (χ0) is 32.2. The quantitative estimate of drug-likeness (QED) is 0.260. The maximum Gasteiger partial charge on any atom is 0.203 e. The van der Waals surface area contributed by atoms with E-state index in [4.69, 9.17) is 28.4 Å². The third-order valence-corrected chi connectivity index (χ3v) is 10.4. The van der Waals surface area contributed by atoms with Gasteiger partial charge in [0.1, 0.15) is 5.75 Å². The van der Waals surface area contributed by atoms with Crippen molar-refractivity contribution in [3.8, 4) is 46.0 Å². The van der Waals surface area contributed by atoms with Gasteiger partial charge < -0.3 is 33.7 Å². The van der Waals surface area contributed by atoms with Gasteiger partial charge in [0.25, 0.3) is 0 Å². The van der Waals surface area contributed by atoms with E-state index in [-0.39, 0.29) is 6.04 Å². The van der Waals surface area contributed by atoms with Crippen LogP contribution in [0.3, 0.4) is 0 Å². The second-order valence-electron chi connectivity index (χ2n) is 11.7. The molecule has 0 spiro atoms. The van der Waals surface area contributed by atoms with E-state index in [1.807, 2.05) is 25.2 Å². The molecule has 0 aromatic heterocycles. The number of nitrogens with one attached hydrogen (secondary N) is 1. The Kier molecular flexibility index (Phi) is 9.72. The lowest BCUT2D eigenvalue weighted by Gasteiger charge is -2.35. The first-order valence-corrected chi connectivity index (χ1v) is 16.9. The maximum atomic E-state index is 6.97. The van der Waals surface area contributed by atoms with Crippen LogP contribution in [0.5, 0.6) is 46.0 Å². The van der Waals surface area contributed by atoms with Crippen LogP contribution >= 0.6 is 0 Å². The molecule has 1 atom stereocenters. The molecule has 0 saturated heterocycles. The van der Waals surface area contributed by atoms with Gasteiger partial charge in [-0.25, -0.2) is 0 Å². The standard InChI is InChI=1S/C37H42N2O6Si/c1-38-15-13-26-20-34(42-5)35(43-6)36-37(26)46-22-24-9-12-30(40-3)32(18-24)44-27-10-7-23(8-11-27)17-29-28-21-33(45-36)31(41-4)19-25(28)14-16-39(29)2/h7-12,18-21,29,38H,13-17,22H2,1-6H3/t29-/m0/s1. The van der Waals surface area contributed by atoms with Crippen molar-refractivity contribution in [1.29, 1.82) is 0 Å². The zero-order valence-electron chi connectivity index (χ0n) is 27.5. The summed E-state index contributed by atoms with van der Waals surface area (Å²) in [5.41, 5.74) is 6.02. The molecule has 8 nitrogen and oxygen atoms in total. The minimum absolute atomic E-state index is 0.166. The Hall–Kier alpha value is -4.18. The first kappa shape index (κ1) is 31.8. The van der Waals surface area contributed by atoms with Gasteiger partial charge in [-0.2, -0.15) is 0 Å². The predicted molar refractivity (Wildman–Crippen MR) is 182 cm³/mol. The van der Waals surface area contributed by atoms with Gasteiger partial charge in [0.05, 0.1) is 38.0 Å². The first-order chi connectivity index (χ1) is 22.5. The van der Waals surface area contributed by atoms with Crippen molar-refractivity contribution in [2.24, 2.45) is 0 Å². The van der Waals surface area contributed by atoms with Crippen LogP contribution in [0.4, 0.5) is 0 Å². The highest BCUT2D eigenvalue weighted by atomic mass is 28.2. The van der Waals surface area contributed by atoms with E-state index in [1.165, 1.54) is 16.7 Å². The molecule has 7 rings (SSSR count). The van der Waals surface area contributed by atoms with Crippen LogP contribution in [0, 0.1) is 0 Å². The number of rotatable bonds is 7. The third-order valence-electron chi connectivity index (χ3n) is 8.89. The summed E-state index contributed by atoms with van der Waals surface area (Å²) in [6, 6.07) is 21.9. The van der Waals surface area contributed by atoms with Gasteiger partial charge in [-0.05, 0) is 121 Å². The largest absolute Gasteiger partial charge is 0.493 e. The maximum absolute atomic E-state index is 6.97. The Morgan fingerprint density at radius 1 is 0.826 bits per heavy atom. The first-order valence-electron chi connectivity index (χ1n) is 15.6. The smallest absolute Gasteiger partial charge is 0.203 e. The molecule has 9 heteroatoms. The second kappa shape index (κ2) is 14.1.